The van der Waals surface area contributed by atoms with Gasteiger partial charge in [0, 0.05) is 15.2 Å². The van der Waals surface area contributed by atoms with Crippen molar-refractivity contribution in [1.29, 1.82) is 0 Å². The van der Waals surface area contributed by atoms with Gasteiger partial charge >= 0.3 is 0 Å². The molecule has 0 radical (unpaired) electrons. The molecule has 0 amide bonds. The molecule has 1 N–H and O–H groups in total. The number of aliphatic hydroxyl groups is 1. The smallest absolute Gasteiger partial charge is 0.0973 e. The second-order valence-electron chi connectivity index (χ2n) is 1.27. The molecule has 1 fully saturated rings. The van der Waals surface area contributed by atoms with E-state index in [1.165, 1.54) is 0 Å². The summed E-state index contributed by atoms with van der Waals surface area (Å²) in [5.74, 6) is -0.148. The Kier molecular flexibility index (Phi) is 1.41. The third-order valence-electron chi connectivity index (χ3n) is 0.713. The number of hydrogen-bond donors (Lipinski definition) is 1. The van der Waals surface area contributed by atoms with Crippen LogP contribution < -0.4 is 0 Å². The molecule has 0 aromatic rings. The van der Waals surface area contributed by atoms with Gasteiger partial charge in [-0.1, -0.05) is 0 Å². The predicted molar refractivity (Wildman–Crippen MR) is 24.9 cm³/mol. The first-order valence-corrected chi connectivity index (χ1v) is 2.93. The van der Waals surface area contributed by atoms with E-state index in [2.05, 4.69) is 0 Å². The van der Waals surface area contributed by atoms with E-state index in [0.717, 1.165) is 13.0 Å². The Morgan fingerprint density at radius 2 is 2.67 bits per heavy atom. The number of aliphatic hydroxyl groups excluding tert-OH is 1. The first-order chi connectivity index (χ1) is 2.89. The van der Waals surface area contributed by atoms with Gasteiger partial charge in [-0.05, 0) is 0 Å². The molecule has 36 valence electrons. The fourth-order valence-corrected chi connectivity index (χ4v) is 1.05. The highest BCUT2D eigenvalue weighted by atomic mass is 31.1. The van der Waals surface area contributed by atoms with E-state index in [1.54, 1.807) is 0 Å². The van der Waals surface area contributed by atoms with Crippen molar-refractivity contribution in [2.24, 2.45) is 0 Å². The Labute approximate surface area is 38.4 Å². The van der Waals surface area contributed by atoms with E-state index in [0.29, 0.717) is 8.81 Å². The zero-order valence-corrected chi connectivity index (χ0v) is 4.35. The van der Waals surface area contributed by atoms with Crippen LogP contribution in [-0.4, -0.2) is 17.6 Å². The summed E-state index contributed by atoms with van der Waals surface area (Å²) >= 11 is 0. The summed E-state index contributed by atoms with van der Waals surface area (Å²) in [6.07, 6.45) is 0.832. The van der Waals surface area contributed by atoms with E-state index in [-0.39, 0.29) is 5.85 Å². The topological polar surface area (TPSA) is 29.5 Å². The van der Waals surface area contributed by atoms with Crippen molar-refractivity contribution in [3.8, 4) is 0 Å². The van der Waals surface area contributed by atoms with Crippen LogP contribution in [0.15, 0.2) is 0 Å². The third-order valence-corrected chi connectivity index (χ3v) is 1.64. The van der Waals surface area contributed by atoms with Crippen molar-refractivity contribution in [3.63, 3.8) is 0 Å². The monoisotopic (exact) mass is 106 g/mol. The summed E-state index contributed by atoms with van der Waals surface area (Å²) in [6.45, 7) is 0.750. The standard InChI is InChI=1S/C3H7O2P/c4-3-1-2-5-6-3/h3-4,6H,1-2H2. The van der Waals surface area contributed by atoms with E-state index in [4.69, 9.17) is 9.63 Å². The SMILES string of the molecule is OC1CCOP1. The maximum atomic E-state index is 8.62. The van der Waals surface area contributed by atoms with Crippen LogP contribution >= 0.6 is 8.81 Å². The van der Waals surface area contributed by atoms with Crippen LogP contribution in [0.3, 0.4) is 0 Å². The minimum atomic E-state index is -0.148. The average Bonchev–Trinajstić information content (AvgIpc) is 1.86. The lowest BCUT2D eigenvalue weighted by Gasteiger charge is -1.88. The quantitative estimate of drug-likeness (QED) is 0.450. The molecule has 1 saturated heterocycles. The Morgan fingerprint density at radius 3 is 2.83 bits per heavy atom. The van der Waals surface area contributed by atoms with Crippen molar-refractivity contribution in [3.05, 3.63) is 0 Å². The molecular weight excluding hydrogens is 99.0 g/mol. The first-order valence-electron chi connectivity index (χ1n) is 1.95. The zero-order chi connectivity index (χ0) is 4.41. The van der Waals surface area contributed by atoms with Gasteiger partial charge in [-0.2, -0.15) is 0 Å². The van der Waals surface area contributed by atoms with Gasteiger partial charge in [0.15, 0.2) is 0 Å². The highest BCUT2D eigenvalue weighted by Crippen LogP contribution is 2.27. The van der Waals surface area contributed by atoms with Crippen molar-refractivity contribution >= 4 is 8.81 Å². The van der Waals surface area contributed by atoms with Crippen LogP contribution in [0, 0.1) is 0 Å². The maximum absolute atomic E-state index is 8.62. The fourth-order valence-electron chi connectivity index (χ4n) is 0.385. The lowest BCUT2D eigenvalue weighted by Crippen LogP contribution is -1.89. The van der Waals surface area contributed by atoms with Crippen LogP contribution in [0.4, 0.5) is 0 Å². The Balaban J connectivity index is 2.18. The molecule has 1 rings (SSSR count). The lowest BCUT2D eigenvalue weighted by atomic mass is 10.5. The first kappa shape index (κ1) is 4.51. The molecule has 1 aliphatic rings. The molecule has 2 nitrogen and oxygen atoms in total. The second-order valence-corrected chi connectivity index (χ2v) is 2.46. The minimum absolute atomic E-state index is 0.148. The minimum Gasteiger partial charge on any atom is -0.386 e. The molecule has 2 atom stereocenters. The highest BCUT2D eigenvalue weighted by molar-refractivity contribution is 7.33. The Bertz CT molecular complexity index is 42.1. The van der Waals surface area contributed by atoms with Crippen LogP contribution in [0.2, 0.25) is 0 Å². The van der Waals surface area contributed by atoms with Gasteiger partial charge < -0.3 is 9.63 Å². The Morgan fingerprint density at radius 1 is 1.83 bits per heavy atom. The van der Waals surface area contributed by atoms with Gasteiger partial charge in [0.1, 0.15) is 0 Å². The van der Waals surface area contributed by atoms with Gasteiger partial charge in [0.25, 0.3) is 0 Å². The predicted octanol–water partition coefficient (Wildman–Crippen LogP) is 0.319. The summed E-state index contributed by atoms with van der Waals surface area (Å²) in [4.78, 5) is 0. The molecule has 0 spiro atoms. The van der Waals surface area contributed by atoms with Gasteiger partial charge in [0.05, 0.1) is 12.5 Å². The van der Waals surface area contributed by atoms with Gasteiger partial charge in [-0.25, -0.2) is 0 Å². The van der Waals surface area contributed by atoms with Crippen LogP contribution in [0.25, 0.3) is 0 Å². The maximum Gasteiger partial charge on any atom is 0.0973 e. The molecule has 0 aromatic carbocycles. The normalized spacial score (nSPS) is 38.5. The van der Waals surface area contributed by atoms with Gasteiger partial charge in [-0.3, -0.25) is 0 Å². The Hall–Kier alpha value is 0.350. The summed E-state index contributed by atoms with van der Waals surface area (Å²) in [5, 5.41) is 8.62. The molecule has 0 aliphatic carbocycles. The van der Waals surface area contributed by atoms with Gasteiger partial charge in [0.2, 0.25) is 0 Å². The summed E-state index contributed by atoms with van der Waals surface area (Å²) in [7, 11) is 0.338. The molecule has 6 heavy (non-hydrogen) atoms. The fraction of sp³-hybridized carbons (Fsp3) is 1.00. The second kappa shape index (κ2) is 1.87. The van der Waals surface area contributed by atoms with E-state index in [9.17, 15) is 0 Å². The molecule has 3 heteroatoms. The van der Waals surface area contributed by atoms with Crippen LogP contribution in [0.1, 0.15) is 6.42 Å². The highest BCUT2D eigenvalue weighted by Gasteiger charge is 2.09. The van der Waals surface area contributed by atoms with Crippen molar-refractivity contribution in [1.82, 2.24) is 0 Å². The molecule has 1 heterocycles. The van der Waals surface area contributed by atoms with Crippen molar-refractivity contribution < 1.29 is 9.63 Å². The van der Waals surface area contributed by atoms with Gasteiger partial charge in [-0.15, -0.1) is 0 Å². The largest absolute Gasteiger partial charge is 0.386 e. The van der Waals surface area contributed by atoms with E-state index < -0.39 is 0 Å². The van der Waals surface area contributed by atoms with Crippen LogP contribution in [0.5, 0.6) is 0 Å². The van der Waals surface area contributed by atoms with E-state index >= 15 is 0 Å². The van der Waals surface area contributed by atoms with Crippen LogP contribution in [-0.2, 0) is 4.52 Å². The number of hydrogen-bond acceptors (Lipinski definition) is 2. The van der Waals surface area contributed by atoms with Crippen molar-refractivity contribution in [2.75, 3.05) is 6.61 Å². The zero-order valence-electron chi connectivity index (χ0n) is 3.35. The molecule has 0 bridgehead atoms. The average molecular weight is 106 g/mol. The molecule has 0 aromatic heterocycles. The molecule has 0 saturated carbocycles. The summed E-state index contributed by atoms with van der Waals surface area (Å²) < 4.78 is 4.83. The third kappa shape index (κ3) is 0.904. The summed E-state index contributed by atoms with van der Waals surface area (Å²) in [5.41, 5.74) is 0. The van der Waals surface area contributed by atoms with E-state index in [1.807, 2.05) is 0 Å². The molecule has 2 unspecified atom stereocenters. The number of rotatable bonds is 0. The van der Waals surface area contributed by atoms with Crippen molar-refractivity contribution in [2.45, 2.75) is 12.3 Å². The molecule has 1 aliphatic heterocycles. The lowest BCUT2D eigenvalue weighted by molar-refractivity contribution is 0.256. The summed E-state index contributed by atoms with van der Waals surface area (Å²) in [6, 6.07) is 0. The molecular formula is C3H7O2P.